The number of H-pyrrole nitrogens is 1. The van der Waals surface area contributed by atoms with Gasteiger partial charge in [0.25, 0.3) is 0 Å². The highest BCUT2D eigenvalue weighted by Crippen LogP contribution is 2.25. The largest absolute Gasteiger partial charge is 0.489 e. The molecule has 10 heteroatoms. The number of hydrogen-bond donors (Lipinski definition) is 2. The van der Waals surface area contributed by atoms with E-state index in [1.165, 1.54) is 10.6 Å². The van der Waals surface area contributed by atoms with E-state index in [-0.39, 0.29) is 18.5 Å². The lowest BCUT2D eigenvalue weighted by molar-refractivity contribution is 0.171. The number of aromatic amines is 1. The maximum absolute atomic E-state index is 11.8. The van der Waals surface area contributed by atoms with Gasteiger partial charge in [-0.3, -0.25) is 0 Å². The van der Waals surface area contributed by atoms with Crippen LogP contribution in [-0.2, 0) is 10.0 Å². The van der Waals surface area contributed by atoms with E-state index < -0.39 is 10.0 Å². The Bertz CT molecular complexity index is 774. The third-order valence-corrected chi connectivity index (χ3v) is 5.04. The number of piperidine rings is 1. The number of pyridine rings is 1. The number of nitrogens with zero attached hydrogens (tertiary/aromatic N) is 4. The molecule has 9 nitrogen and oxygen atoms in total. The van der Waals surface area contributed by atoms with Crippen LogP contribution in [0.2, 0.25) is 0 Å². The minimum atomic E-state index is -3.24. The van der Waals surface area contributed by atoms with Gasteiger partial charge in [-0.05, 0) is 12.8 Å². The van der Waals surface area contributed by atoms with Crippen LogP contribution >= 0.6 is 0 Å². The van der Waals surface area contributed by atoms with Crippen LogP contribution in [-0.4, -0.2) is 58.6 Å². The molecule has 0 radical (unpaired) electrons. The Balaban J connectivity index is 1.79. The lowest BCUT2D eigenvalue weighted by Crippen LogP contribution is -2.46. The van der Waals surface area contributed by atoms with E-state index in [4.69, 9.17) is 10.5 Å². The van der Waals surface area contributed by atoms with Crippen LogP contribution in [0.3, 0.4) is 0 Å². The van der Waals surface area contributed by atoms with Crippen molar-refractivity contribution < 1.29 is 13.2 Å². The first-order valence-electron chi connectivity index (χ1n) is 7.02. The number of nitrogen functional groups attached to an aromatic ring is 1. The van der Waals surface area contributed by atoms with Gasteiger partial charge in [0.1, 0.15) is 12.4 Å². The first-order valence-corrected chi connectivity index (χ1v) is 8.86. The van der Waals surface area contributed by atoms with E-state index >= 15 is 0 Å². The Hall–Kier alpha value is -1.94. The molecule has 1 atom stereocenters. The van der Waals surface area contributed by atoms with Crippen molar-refractivity contribution in [3.05, 3.63) is 6.07 Å². The minimum Gasteiger partial charge on any atom is -0.489 e. The molecule has 2 aromatic heterocycles. The van der Waals surface area contributed by atoms with Gasteiger partial charge in [-0.25, -0.2) is 13.4 Å². The van der Waals surface area contributed by atoms with Crippen LogP contribution in [0, 0.1) is 0 Å². The van der Waals surface area contributed by atoms with E-state index in [1.807, 2.05) is 0 Å². The fourth-order valence-electron chi connectivity index (χ4n) is 2.70. The van der Waals surface area contributed by atoms with Crippen molar-refractivity contribution >= 4 is 27.0 Å². The van der Waals surface area contributed by atoms with Crippen molar-refractivity contribution in [2.75, 3.05) is 25.1 Å². The third kappa shape index (κ3) is 2.97. The van der Waals surface area contributed by atoms with E-state index in [0.717, 1.165) is 19.3 Å². The molecule has 2 aromatic rings. The lowest BCUT2D eigenvalue weighted by Gasteiger charge is -2.33. The molecular weight excluding hydrogens is 308 g/mol. The summed E-state index contributed by atoms with van der Waals surface area (Å²) in [7, 11) is -3.24. The first-order chi connectivity index (χ1) is 10.4. The quantitative estimate of drug-likeness (QED) is 0.817. The van der Waals surface area contributed by atoms with Crippen molar-refractivity contribution in [3.8, 4) is 5.75 Å². The molecule has 1 saturated heterocycles. The SMILES string of the molecule is CS(=O)(=O)N1CCCCC1COc1cc(N)nc2n[nH]nc12. The first kappa shape index (κ1) is 15.0. The fourth-order valence-corrected chi connectivity index (χ4v) is 3.87. The van der Waals surface area contributed by atoms with E-state index in [9.17, 15) is 8.42 Å². The summed E-state index contributed by atoms with van der Waals surface area (Å²) in [6.45, 7) is 0.781. The van der Waals surface area contributed by atoms with Gasteiger partial charge in [0.05, 0.1) is 12.3 Å². The number of anilines is 1. The molecule has 1 unspecified atom stereocenters. The minimum absolute atomic E-state index is 0.180. The number of rotatable bonds is 4. The topological polar surface area (TPSA) is 127 Å². The maximum atomic E-state index is 11.8. The molecular formula is C12H18N6O3S. The summed E-state index contributed by atoms with van der Waals surface area (Å²) in [5.41, 5.74) is 6.57. The van der Waals surface area contributed by atoms with Gasteiger partial charge in [0, 0.05) is 12.6 Å². The summed E-state index contributed by atoms with van der Waals surface area (Å²) < 4.78 is 31.0. The van der Waals surface area contributed by atoms with Crippen LogP contribution in [0.4, 0.5) is 5.82 Å². The predicted molar refractivity (Wildman–Crippen MR) is 80.8 cm³/mol. The number of hydrogen-bond acceptors (Lipinski definition) is 7. The Kier molecular flexibility index (Phi) is 3.87. The van der Waals surface area contributed by atoms with Gasteiger partial charge in [-0.1, -0.05) is 6.42 Å². The molecule has 0 saturated carbocycles. The number of aromatic nitrogens is 4. The van der Waals surface area contributed by atoms with E-state index in [0.29, 0.717) is 23.5 Å². The lowest BCUT2D eigenvalue weighted by atomic mass is 10.1. The van der Waals surface area contributed by atoms with Crippen LogP contribution in [0.25, 0.3) is 11.2 Å². The number of nitrogens with two attached hydrogens (primary N) is 1. The zero-order valence-corrected chi connectivity index (χ0v) is 13.0. The molecule has 0 bridgehead atoms. The van der Waals surface area contributed by atoms with Crippen LogP contribution in [0.5, 0.6) is 5.75 Å². The summed E-state index contributed by atoms with van der Waals surface area (Å²) in [6.07, 6.45) is 3.86. The van der Waals surface area contributed by atoms with Gasteiger partial charge in [-0.15, -0.1) is 5.10 Å². The number of ether oxygens (including phenoxy) is 1. The Labute approximate surface area is 127 Å². The van der Waals surface area contributed by atoms with E-state index in [1.54, 1.807) is 6.07 Å². The second kappa shape index (κ2) is 5.69. The molecule has 3 N–H and O–H groups in total. The number of sulfonamides is 1. The van der Waals surface area contributed by atoms with Crippen molar-refractivity contribution in [1.29, 1.82) is 0 Å². The average molecular weight is 326 g/mol. The van der Waals surface area contributed by atoms with E-state index in [2.05, 4.69) is 20.4 Å². The summed E-state index contributed by atoms with van der Waals surface area (Å²) in [4.78, 5) is 4.03. The summed E-state index contributed by atoms with van der Waals surface area (Å²) in [5, 5.41) is 10.3. The smallest absolute Gasteiger partial charge is 0.211 e. The molecule has 3 rings (SSSR count). The summed E-state index contributed by atoms with van der Waals surface area (Å²) in [6, 6.07) is 1.39. The number of nitrogens with one attached hydrogen (secondary N) is 1. The van der Waals surface area contributed by atoms with Gasteiger partial charge in [0.15, 0.2) is 11.3 Å². The Morgan fingerprint density at radius 2 is 2.27 bits per heavy atom. The summed E-state index contributed by atoms with van der Waals surface area (Å²) >= 11 is 0. The zero-order valence-electron chi connectivity index (χ0n) is 12.2. The van der Waals surface area contributed by atoms with Crippen molar-refractivity contribution in [3.63, 3.8) is 0 Å². The van der Waals surface area contributed by atoms with Crippen molar-refractivity contribution in [1.82, 2.24) is 24.7 Å². The van der Waals surface area contributed by atoms with Crippen LogP contribution < -0.4 is 10.5 Å². The molecule has 0 amide bonds. The highest BCUT2D eigenvalue weighted by Gasteiger charge is 2.30. The molecule has 3 heterocycles. The standard InChI is InChI=1S/C12H18N6O3S/c1-22(19,20)18-5-3-2-4-8(18)7-21-9-6-10(13)14-12-11(9)15-17-16-12/h6,8H,2-5,7H2,1H3,(H3,13,14,15,16,17). The fraction of sp³-hybridized carbons (Fsp3) is 0.583. The van der Waals surface area contributed by atoms with Gasteiger partial charge < -0.3 is 10.5 Å². The van der Waals surface area contributed by atoms with Gasteiger partial charge in [-0.2, -0.15) is 14.6 Å². The Morgan fingerprint density at radius 1 is 1.45 bits per heavy atom. The summed E-state index contributed by atoms with van der Waals surface area (Å²) in [5.74, 6) is 0.732. The van der Waals surface area contributed by atoms with Crippen LogP contribution in [0.15, 0.2) is 6.07 Å². The molecule has 0 aromatic carbocycles. The number of fused-ring (bicyclic) bond motifs is 1. The molecule has 1 fully saturated rings. The molecule has 1 aliphatic heterocycles. The molecule has 0 spiro atoms. The van der Waals surface area contributed by atoms with Crippen molar-refractivity contribution in [2.24, 2.45) is 0 Å². The second-order valence-electron chi connectivity index (χ2n) is 5.38. The molecule has 1 aliphatic rings. The van der Waals surface area contributed by atoms with Gasteiger partial charge in [0.2, 0.25) is 15.7 Å². The third-order valence-electron chi connectivity index (χ3n) is 3.71. The molecule has 22 heavy (non-hydrogen) atoms. The normalized spacial score (nSPS) is 20.3. The predicted octanol–water partition coefficient (Wildman–Crippen LogP) is 0.128. The highest BCUT2D eigenvalue weighted by atomic mass is 32.2. The van der Waals surface area contributed by atoms with Gasteiger partial charge >= 0.3 is 0 Å². The van der Waals surface area contributed by atoms with Crippen LogP contribution in [0.1, 0.15) is 19.3 Å². The zero-order chi connectivity index (χ0) is 15.7. The average Bonchev–Trinajstić information content (AvgIpc) is 2.92. The maximum Gasteiger partial charge on any atom is 0.211 e. The van der Waals surface area contributed by atoms with Crippen molar-refractivity contribution in [2.45, 2.75) is 25.3 Å². The highest BCUT2D eigenvalue weighted by molar-refractivity contribution is 7.88. The molecule has 120 valence electrons. The molecule has 0 aliphatic carbocycles. The Morgan fingerprint density at radius 3 is 3.05 bits per heavy atom. The monoisotopic (exact) mass is 326 g/mol. The second-order valence-corrected chi connectivity index (χ2v) is 7.31.